The van der Waals surface area contributed by atoms with Crippen molar-refractivity contribution < 1.29 is 18.9 Å². The molecule has 1 aromatic carbocycles. The Balaban J connectivity index is 0.00000116. The Morgan fingerprint density at radius 1 is 1.41 bits per heavy atom. The third-order valence-corrected chi connectivity index (χ3v) is 3.00. The van der Waals surface area contributed by atoms with Gasteiger partial charge in [0.25, 0.3) is 5.91 Å². The smallest absolute Gasteiger partial charge is 0.423 e. The zero-order valence-electron chi connectivity index (χ0n) is 13.8. The maximum atomic E-state index is 14.2. The topological polar surface area (TPSA) is 70.6 Å². The molecule has 0 radical (unpaired) electrons. The molecule has 0 aromatic heterocycles. The van der Waals surface area contributed by atoms with Crippen LogP contribution in [0.2, 0.25) is 0 Å². The van der Waals surface area contributed by atoms with Gasteiger partial charge in [0.1, 0.15) is 5.82 Å². The number of fused-ring (bicyclic) bond motifs is 1. The number of hydrogen-bond acceptors (Lipinski definition) is 4. The van der Waals surface area contributed by atoms with Crippen molar-refractivity contribution in [3.8, 4) is 0 Å². The van der Waals surface area contributed by atoms with Gasteiger partial charge in [0.2, 0.25) is 0 Å². The summed E-state index contributed by atoms with van der Waals surface area (Å²) in [5.74, 6) is -1.19. The van der Waals surface area contributed by atoms with Crippen LogP contribution in [0, 0.1) is 11.2 Å². The highest BCUT2D eigenvalue weighted by molar-refractivity contribution is 6.61. The van der Waals surface area contributed by atoms with Crippen LogP contribution in [0.1, 0.15) is 50.5 Å². The van der Waals surface area contributed by atoms with Crippen LogP contribution in [0.5, 0.6) is 0 Å². The molecule has 22 heavy (non-hydrogen) atoms. The Morgan fingerprint density at radius 3 is 2.64 bits per heavy atom. The molecular formula is C15H24BFN2O3. The summed E-state index contributed by atoms with van der Waals surface area (Å²) in [6.07, 6.45) is 0. The highest BCUT2D eigenvalue weighted by atomic mass is 19.1. The van der Waals surface area contributed by atoms with Crippen LogP contribution >= 0.6 is 0 Å². The lowest BCUT2D eigenvalue weighted by molar-refractivity contribution is 0.0923. The molecule has 0 atom stereocenters. The molecule has 0 saturated heterocycles. The van der Waals surface area contributed by atoms with Gasteiger partial charge in [-0.05, 0) is 16.9 Å². The minimum Gasteiger partial charge on any atom is -0.423 e. The monoisotopic (exact) mass is 310 g/mol. The first-order valence-electron chi connectivity index (χ1n) is 7.44. The van der Waals surface area contributed by atoms with E-state index in [-0.39, 0.29) is 23.1 Å². The Morgan fingerprint density at radius 2 is 2.05 bits per heavy atom. The van der Waals surface area contributed by atoms with Gasteiger partial charge >= 0.3 is 7.12 Å². The summed E-state index contributed by atoms with van der Waals surface area (Å²) < 4.78 is 19.1. The lowest BCUT2D eigenvalue weighted by atomic mass is 9.79. The largest absolute Gasteiger partial charge is 0.491 e. The molecule has 0 aliphatic carbocycles. The molecule has 5 nitrogen and oxygen atoms in total. The predicted octanol–water partition coefficient (Wildman–Crippen LogP) is 1.35. The molecule has 7 heteroatoms. The molecule has 3 N–H and O–H groups in total. The van der Waals surface area contributed by atoms with Gasteiger partial charge in [-0.1, -0.05) is 40.7 Å². The minimum absolute atomic E-state index is 0.00170. The first-order chi connectivity index (χ1) is 10.3. The van der Waals surface area contributed by atoms with Crippen LogP contribution in [0.3, 0.4) is 0 Å². The summed E-state index contributed by atoms with van der Waals surface area (Å²) in [5.41, 5.74) is 5.80. The van der Waals surface area contributed by atoms with Crippen LogP contribution < -0.4 is 16.3 Å². The number of carbonyl (C=O) groups excluding carboxylic acids is 1. The van der Waals surface area contributed by atoms with E-state index in [0.717, 1.165) is 0 Å². The molecule has 0 bridgehead atoms. The third kappa shape index (κ3) is 4.53. The average Bonchev–Trinajstić information content (AvgIpc) is 2.82. The molecule has 0 unspecified atom stereocenters. The molecule has 122 valence electrons. The van der Waals surface area contributed by atoms with Crippen molar-refractivity contribution >= 4 is 18.5 Å². The van der Waals surface area contributed by atoms with Crippen LogP contribution in [0.25, 0.3) is 0 Å². The highest BCUT2D eigenvalue weighted by Crippen LogP contribution is 2.17. The minimum atomic E-state index is -1.12. The van der Waals surface area contributed by atoms with E-state index in [0.29, 0.717) is 12.0 Å². The first kappa shape index (κ1) is 18.6. The molecule has 1 aliphatic heterocycles. The quantitative estimate of drug-likeness (QED) is 0.582. The molecule has 1 amide bonds. The highest BCUT2D eigenvalue weighted by Gasteiger charge is 2.31. The van der Waals surface area contributed by atoms with E-state index >= 15 is 0 Å². The molecule has 2 rings (SSSR count). The molecule has 1 aliphatic rings. The molecule has 0 fully saturated rings. The molecular weight excluding hydrogens is 286 g/mol. The maximum absolute atomic E-state index is 14.2. The third-order valence-electron chi connectivity index (χ3n) is 3.00. The van der Waals surface area contributed by atoms with Crippen molar-refractivity contribution in [2.24, 2.45) is 5.41 Å². The number of rotatable bonds is 3. The predicted molar refractivity (Wildman–Crippen MR) is 85.1 cm³/mol. The van der Waals surface area contributed by atoms with E-state index in [1.54, 1.807) is 0 Å². The fourth-order valence-electron chi connectivity index (χ4n) is 1.90. The zero-order valence-corrected chi connectivity index (χ0v) is 13.8. The van der Waals surface area contributed by atoms with Crippen molar-refractivity contribution in [3.05, 3.63) is 29.1 Å². The fourth-order valence-corrected chi connectivity index (χ4v) is 1.90. The van der Waals surface area contributed by atoms with E-state index in [9.17, 15) is 14.2 Å². The number of halogens is 1. The van der Waals surface area contributed by atoms with E-state index in [4.69, 9.17) is 4.65 Å². The van der Waals surface area contributed by atoms with Crippen molar-refractivity contribution in [3.63, 3.8) is 0 Å². The summed E-state index contributed by atoms with van der Waals surface area (Å²) in [5, 5.41) is 9.46. The number of hydrazine groups is 1. The lowest BCUT2D eigenvalue weighted by Crippen LogP contribution is -2.42. The first-order valence-corrected chi connectivity index (χ1v) is 7.44. The number of amides is 1. The molecule has 0 spiro atoms. The Hall–Kier alpha value is -1.44. The standard InChI is InChI=1S/C13H18BFN2O3.C2H6/c1-13(2,3)7-16-17-12(18)8-4-5-10-9(11(8)15)6-20-14(10)19;1-2/h4-5,16,19H,6-7H2,1-3H3,(H,17,18);1-2H3. The average molecular weight is 310 g/mol. The summed E-state index contributed by atoms with van der Waals surface area (Å²) >= 11 is 0. The van der Waals surface area contributed by atoms with Crippen molar-refractivity contribution in [1.82, 2.24) is 10.9 Å². The SMILES string of the molecule is CC.CC(C)(C)CNNC(=O)c1ccc2c(c1F)COB2O. The van der Waals surface area contributed by atoms with Gasteiger partial charge in [0.15, 0.2) is 0 Å². The van der Waals surface area contributed by atoms with Crippen LogP contribution in [-0.2, 0) is 11.3 Å². The summed E-state index contributed by atoms with van der Waals surface area (Å²) in [6, 6.07) is 2.86. The zero-order chi connectivity index (χ0) is 16.9. The molecule has 0 saturated carbocycles. The maximum Gasteiger partial charge on any atom is 0.491 e. The van der Waals surface area contributed by atoms with E-state index in [2.05, 4.69) is 10.9 Å². The second kappa shape index (κ2) is 7.71. The second-order valence-electron chi connectivity index (χ2n) is 6.03. The van der Waals surface area contributed by atoms with Gasteiger partial charge < -0.3 is 9.68 Å². The van der Waals surface area contributed by atoms with E-state index < -0.39 is 18.8 Å². The Kier molecular flexibility index (Phi) is 6.53. The summed E-state index contributed by atoms with van der Waals surface area (Å²) in [7, 11) is -1.12. The Labute approximate surface area is 131 Å². The van der Waals surface area contributed by atoms with Gasteiger partial charge in [-0.25, -0.2) is 9.82 Å². The second-order valence-corrected chi connectivity index (χ2v) is 6.03. The number of hydrogen-bond donors (Lipinski definition) is 3. The van der Waals surface area contributed by atoms with Gasteiger partial charge in [0.05, 0.1) is 12.2 Å². The van der Waals surface area contributed by atoms with Gasteiger partial charge in [0, 0.05) is 12.1 Å². The van der Waals surface area contributed by atoms with Crippen molar-refractivity contribution in [2.45, 2.75) is 41.2 Å². The van der Waals surface area contributed by atoms with Crippen LogP contribution in [-0.4, -0.2) is 24.6 Å². The van der Waals surface area contributed by atoms with Gasteiger partial charge in [-0.3, -0.25) is 10.2 Å². The number of carbonyl (C=O) groups is 1. The van der Waals surface area contributed by atoms with Crippen molar-refractivity contribution in [2.75, 3.05) is 6.54 Å². The molecule has 1 heterocycles. The number of benzene rings is 1. The fraction of sp³-hybridized carbons (Fsp3) is 0.533. The normalized spacial score (nSPS) is 13.3. The molecule has 1 aromatic rings. The Bertz CT molecular complexity index is 532. The lowest BCUT2D eigenvalue weighted by Gasteiger charge is -2.19. The van der Waals surface area contributed by atoms with Gasteiger partial charge in [-0.15, -0.1) is 0 Å². The number of nitrogens with one attached hydrogen (secondary N) is 2. The van der Waals surface area contributed by atoms with E-state index in [1.807, 2.05) is 34.6 Å². The summed E-state index contributed by atoms with van der Waals surface area (Å²) in [6.45, 7) is 10.6. The van der Waals surface area contributed by atoms with Gasteiger partial charge in [-0.2, -0.15) is 0 Å². The van der Waals surface area contributed by atoms with Crippen LogP contribution in [0.4, 0.5) is 4.39 Å². The van der Waals surface area contributed by atoms with Crippen molar-refractivity contribution in [1.29, 1.82) is 0 Å². The summed E-state index contributed by atoms with van der Waals surface area (Å²) in [4.78, 5) is 11.9. The van der Waals surface area contributed by atoms with E-state index in [1.165, 1.54) is 12.1 Å². The van der Waals surface area contributed by atoms with Crippen LogP contribution in [0.15, 0.2) is 12.1 Å².